The average molecular weight is 419 g/mol. The van der Waals surface area contributed by atoms with Crippen LogP contribution < -0.4 is 20.2 Å². The minimum Gasteiger partial charge on any atom is -0.497 e. The molecule has 1 fully saturated rings. The van der Waals surface area contributed by atoms with Crippen LogP contribution in [-0.4, -0.2) is 49.7 Å². The number of aromatic nitrogens is 2. The molecule has 0 bridgehead atoms. The van der Waals surface area contributed by atoms with Gasteiger partial charge in [-0.15, -0.1) is 0 Å². The van der Waals surface area contributed by atoms with Crippen LogP contribution in [0.1, 0.15) is 18.5 Å². The minimum absolute atomic E-state index is 0.481. The number of rotatable bonds is 8. The third kappa shape index (κ3) is 4.58. The van der Waals surface area contributed by atoms with Crippen molar-refractivity contribution in [1.29, 1.82) is 0 Å². The first-order chi connectivity index (χ1) is 15.1. The Morgan fingerprint density at radius 3 is 2.45 bits per heavy atom. The van der Waals surface area contributed by atoms with E-state index in [4.69, 9.17) is 20.3 Å². The number of hydrogen-bond acceptors (Lipinski definition) is 8. The van der Waals surface area contributed by atoms with Crippen LogP contribution in [0.15, 0.2) is 52.7 Å². The zero-order chi connectivity index (χ0) is 21.8. The topological polar surface area (TPSA) is 98.2 Å². The van der Waals surface area contributed by atoms with Crippen LogP contribution in [-0.2, 0) is 0 Å². The molecule has 0 aliphatic heterocycles. The number of nitrogens with zero attached hydrogens (tertiary/aromatic N) is 5. The Hall–Kier alpha value is -3.68. The zero-order valence-electron chi connectivity index (χ0n) is 17.9. The van der Waals surface area contributed by atoms with E-state index in [-0.39, 0.29) is 0 Å². The highest BCUT2D eigenvalue weighted by molar-refractivity contribution is 6.37. The number of hydrazone groups is 1. The fraction of sp³-hybridized carbons (Fsp3) is 0.304. The van der Waals surface area contributed by atoms with E-state index in [2.05, 4.69) is 26.0 Å². The van der Waals surface area contributed by atoms with Gasteiger partial charge < -0.3 is 20.2 Å². The lowest BCUT2D eigenvalue weighted by molar-refractivity contribution is 0.394. The quantitative estimate of drug-likeness (QED) is 0.341. The van der Waals surface area contributed by atoms with Crippen molar-refractivity contribution in [3.63, 3.8) is 0 Å². The molecule has 0 saturated heterocycles. The highest BCUT2D eigenvalue weighted by Crippen LogP contribution is 2.38. The molecule has 1 heterocycles. The molecule has 1 aliphatic carbocycles. The molecule has 8 nitrogen and oxygen atoms in total. The van der Waals surface area contributed by atoms with Gasteiger partial charge in [0, 0.05) is 43.2 Å². The minimum atomic E-state index is 0.481. The van der Waals surface area contributed by atoms with Crippen molar-refractivity contribution < 1.29 is 9.47 Å². The molecule has 1 aliphatic rings. The largest absolute Gasteiger partial charge is 0.497 e. The van der Waals surface area contributed by atoms with Gasteiger partial charge in [0.05, 0.1) is 37.7 Å². The number of ether oxygens (including phenoxy) is 2. The van der Waals surface area contributed by atoms with Crippen LogP contribution in [0.5, 0.6) is 11.5 Å². The van der Waals surface area contributed by atoms with Crippen molar-refractivity contribution in [1.82, 2.24) is 9.97 Å². The van der Waals surface area contributed by atoms with E-state index in [9.17, 15) is 0 Å². The highest BCUT2D eigenvalue weighted by Gasteiger charge is 2.26. The van der Waals surface area contributed by atoms with Crippen LogP contribution in [0, 0.1) is 5.92 Å². The molecule has 0 spiro atoms. The van der Waals surface area contributed by atoms with Gasteiger partial charge in [0.25, 0.3) is 0 Å². The Bertz CT molecular complexity index is 1120. The van der Waals surface area contributed by atoms with Crippen molar-refractivity contribution in [3.05, 3.63) is 48.3 Å². The Morgan fingerprint density at radius 2 is 1.84 bits per heavy atom. The molecule has 4 rings (SSSR count). The first kappa shape index (κ1) is 20.6. The van der Waals surface area contributed by atoms with Gasteiger partial charge in [0.2, 0.25) is 0 Å². The molecular weight excluding hydrogens is 392 g/mol. The molecule has 160 valence electrons. The van der Waals surface area contributed by atoms with Gasteiger partial charge in [-0.3, -0.25) is 9.98 Å². The molecule has 1 saturated carbocycles. The summed E-state index contributed by atoms with van der Waals surface area (Å²) in [5, 5.41) is 3.77. The number of anilines is 2. The van der Waals surface area contributed by atoms with E-state index < -0.39 is 0 Å². The predicted molar refractivity (Wildman–Crippen MR) is 124 cm³/mol. The third-order valence-corrected chi connectivity index (χ3v) is 5.28. The molecule has 0 unspecified atom stereocenters. The lowest BCUT2D eigenvalue weighted by Gasteiger charge is -2.26. The standard InChI is InChI=1S/C23H26N6O2/c1-25-12-23(28-24)22-13-26-20-7-6-16(10-21(20)27-22)29(14-15-4-5-15)17-8-18(30-2)11-19(9-17)31-3/h6-13,15H,4-5,14,24H2,1-3H3. The van der Waals surface area contributed by atoms with Crippen molar-refractivity contribution >= 4 is 34.3 Å². The normalized spacial score (nSPS) is 14.2. The number of hydrogen-bond donors (Lipinski definition) is 1. The van der Waals surface area contributed by atoms with Crippen LogP contribution in [0.3, 0.4) is 0 Å². The maximum Gasteiger partial charge on any atom is 0.128 e. The van der Waals surface area contributed by atoms with Gasteiger partial charge in [-0.1, -0.05) is 0 Å². The van der Waals surface area contributed by atoms with E-state index in [0.29, 0.717) is 17.3 Å². The summed E-state index contributed by atoms with van der Waals surface area (Å²) < 4.78 is 11.0. The van der Waals surface area contributed by atoms with Crippen molar-refractivity contribution in [2.24, 2.45) is 21.9 Å². The maximum absolute atomic E-state index is 5.50. The Kier molecular flexibility index (Phi) is 5.97. The van der Waals surface area contributed by atoms with Crippen LogP contribution in [0.25, 0.3) is 11.0 Å². The Morgan fingerprint density at radius 1 is 1.10 bits per heavy atom. The molecule has 2 aromatic carbocycles. The molecule has 31 heavy (non-hydrogen) atoms. The second-order valence-corrected chi connectivity index (χ2v) is 7.45. The number of nitrogens with two attached hydrogens (primary N) is 1. The average Bonchev–Trinajstić information content (AvgIpc) is 3.64. The number of aliphatic imine (C=N–C) groups is 1. The van der Waals surface area contributed by atoms with Crippen LogP contribution in [0.2, 0.25) is 0 Å². The summed E-state index contributed by atoms with van der Waals surface area (Å²) in [6, 6.07) is 12.0. The summed E-state index contributed by atoms with van der Waals surface area (Å²) in [6.07, 6.45) is 5.70. The second kappa shape index (κ2) is 8.99. The number of benzene rings is 2. The van der Waals surface area contributed by atoms with Gasteiger partial charge in [0.15, 0.2) is 0 Å². The van der Waals surface area contributed by atoms with Gasteiger partial charge in [-0.25, -0.2) is 4.98 Å². The van der Waals surface area contributed by atoms with E-state index in [0.717, 1.165) is 40.5 Å². The lowest BCUT2D eigenvalue weighted by atomic mass is 10.1. The molecule has 0 radical (unpaired) electrons. The van der Waals surface area contributed by atoms with Gasteiger partial charge in [-0.05, 0) is 37.0 Å². The molecule has 1 aromatic heterocycles. The van der Waals surface area contributed by atoms with Crippen molar-refractivity contribution in [2.75, 3.05) is 32.7 Å². The monoisotopic (exact) mass is 418 g/mol. The highest BCUT2D eigenvalue weighted by atomic mass is 16.5. The zero-order valence-corrected chi connectivity index (χ0v) is 17.9. The molecule has 3 aromatic rings. The summed E-state index contributed by atoms with van der Waals surface area (Å²) in [6.45, 7) is 0.910. The predicted octanol–water partition coefficient (Wildman–Crippen LogP) is 3.56. The molecule has 2 N–H and O–H groups in total. The Balaban J connectivity index is 1.79. The van der Waals surface area contributed by atoms with Crippen LogP contribution in [0.4, 0.5) is 11.4 Å². The SMILES string of the molecule is CN=CC(=NN)c1cnc2ccc(N(CC3CC3)c3cc(OC)cc(OC)c3)cc2n1. The fourth-order valence-electron chi connectivity index (χ4n) is 3.45. The first-order valence-electron chi connectivity index (χ1n) is 10.1. The maximum atomic E-state index is 5.50. The fourth-order valence-corrected chi connectivity index (χ4v) is 3.45. The van der Waals surface area contributed by atoms with E-state index in [1.165, 1.54) is 12.8 Å². The van der Waals surface area contributed by atoms with Gasteiger partial charge in [0.1, 0.15) is 22.9 Å². The summed E-state index contributed by atoms with van der Waals surface area (Å²) >= 11 is 0. The second-order valence-electron chi connectivity index (χ2n) is 7.45. The van der Waals surface area contributed by atoms with Crippen molar-refractivity contribution in [3.8, 4) is 11.5 Å². The van der Waals surface area contributed by atoms with E-state index in [1.807, 2.05) is 30.3 Å². The third-order valence-electron chi connectivity index (χ3n) is 5.28. The smallest absolute Gasteiger partial charge is 0.128 e. The molecular formula is C23H26N6O2. The molecule has 0 amide bonds. The first-order valence-corrected chi connectivity index (χ1v) is 10.1. The molecule has 8 heteroatoms. The van der Waals surface area contributed by atoms with Gasteiger partial charge in [-0.2, -0.15) is 5.10 Å². The van der Waals surface area contributed by atoms with Crippen LogP contribution >= 0.6 is 0 Å². The summed E-state index contributed by atoms with van der Waals surface area (Å²) in [4.78, 5) is 15.5. The van der Waals surface area contributed by atoms with E-state index >= 15 is 0 Å². The molecule has 0 atom stereocenters. The lowest BCUT2D eigenvalue weighted by Crippen LogP contribution is -2.20. The van der Waals surface area contributed by atoms with Gasteiger partial charge >= 0.3 is 0 Å². The summed E-state index contributed by atoms with van der Waals surface area (Å²) in [5.74, 6) is 7.67. The number of fused-ring (bicyclic) bond motifs is 1. The Labute approximate surface area is 181 Å². The van der Waals surface area contributed by atoms with Crippen molar-refractivity contribution in [2.45, 2.75) is 12.8 Å². The summed E-state index contributed by atoms with van der Waals surface area (Å²) in [7, 11) is 4.98. The van der Waals surface area contributed by atoms with E-state index in [1.54, 1.807) is 33.7 Å². The number of methoxy groups -OCH3 is 2. The summed E-state index contributed by atoms with van der Waals surface area (Å²) in [5.41, 5.74) is 4.65.